The first-order chi connectivity index (χ1) is 9.54. The van der Waals surface area contributed by atoms with Crippen LogP contribution in [0.1, 0.15) is 19.4 Å². The molecule has 0 aliphatic rings. The minimum absolute atomic E-state index is 0.131. The van der Waals surface area contributed by atoms with Crippen LogP contribution in [0.2, 0.25) is 0 Å². The van der Waals surface area contributed by atoms with Gasteiger partial charge in [0.05, 0.1) is 0 Å². The van der Waals surface area contributed by atoms with Crippen molar-refractivity contribution in [2.24, 2.45) is 0 Å². The molecule has 0 aliphatic carbocycles. The monoisotopic (exact) mass is 277 g/mol. The van der Waals surface area contributed by atoms with Crippen molar-refractivity contribution in [1.29, 1.82) is 0 Å². The number of rotatable bonds is 5. The molecule has 0 amide bonds. The second-order valence-electron chi connectivity index (χ2n) is 4.86. The Kier molecular flexibility index (Phi) is 4.56. The summed E-state index contributed by atoms with van der Waals surface area (Å²) in [5.41, 5.74) is 1.37. The lowest BCUT2D eigenvalue weighted by Crippen LogP contribution is -2.09. The molecule has 2 aromatic rings. The molecule has 106 valence electrons. The highest BCUT2D eigenvalue weighted by molar-refractivity contribution is 5.47. The summed E-state index contributed by atoms with van der Waals surface area (Å²) < 4.78 is 32.2. The average Bonchev–Trinajstić information content (AvgIpc) is 2.37. The maximum Gasteiger partial charge on any atom is 0.167 e. The van der Waals surface area contributed by atoms with Crippen LogP contribution in [0, 0.1) is 11.6 Å². The fraction of sp³-hybridized carbons (Fsp3) is 0.250. The molecule has 0 bridgehead atoms. The third-order valence-electron chi connectivity index (χ3n) is 2.67. The number of benzene rings is 2. The molecular formula is C16H17F2NO. The van der Waals surface area contributed by atoms with Crippen LogP contribution in [0.5, 0.6) is 5.75 Å². The minimum atomic E-state index is -0.438. The average molecular weight is 277 g/mol. The van der Waals surface area contributed by atoms with Gasteiger partial charge in [-0.3, -0.25) is 0 Å². The second kappa shape index (κ2) is 6.37. The van der Waals surface area contributed by atoms with Crippen molar-refractivity contribution in [1.82, 2.24) is 0 Å². The van der Waals surface area contributed by atoms with Gasteiger partial charge in [0.2, 0.25) is 0 Å². The molecular weight excluding hydrogens is 260 g/mol. The van der Waals surface area contributed by atoms with Gasteiger partial charge in [0, 0.05) is 17.8 Å². The topological polar surface area (TPSA) is 21.3 Å². The van der Waals surface area contributed by atoms with E-state index in [1.807, 2.05) is 13.8 Å². The van der Waals surface area contributed by atoms with E-state index in [0.29, 0.717) is 11.3 Å². The maximum absolute atomic E-state index is 13.8. The first-order valence-electron chi connectivity index (χ1n) is 6.48. The lowest BCUT2D eigenvalue weighted by atomic mass is 10.2. The predicted molar refractivity (Wildman–Crippen MR) is 75.9 cm³/mol. The molecule has 0 fully saturated rings. The number of anilines is 1. The summed E-state index contributed by atoms with van der Waals surface area (Å²) in [6.45, 7) is 4.09. The Morgan fingerprint density at radius 1 is 1.10 bits per heavy atom. The smallest absolute Gasteiger partial charge is 0.167 e. The maximum atomic E-state index is 13.8. The second-order valence-corrected chi connectivity index (χ2v) is 4.86. The van der Waals surface area contributed by atoms with Gasteiger partial charge in [-0.25, -0.2) is 8.78 Å². The molecule has 0 saturated heterocycles. The van der Waals surface area contributed by atoms with Crippen molar-refractivity contribution in [3.8, 4) is 5.75 Å². The van der Waals surface area contributed by atoms with Gasteiger partial charge in [-0.2, -0.15) is 0 Å². The van der Waals surface area contributed by atoms with E-state index in [4.69, 9.17) is 4.74 Å². The third kappa shape index (κ3) is 3.95. The first kappa shape index (κ1) is 14.3. The Morgan fingerprint density at radius 3 is 2.55 bits per heavy atom. The molecule has 2 rings (SSSR count). The van der Waals surface area contributed by atoms with E-state index >= 15 is 0 Å². The standard InChI is InChI=1S/C16H17F2NO/c1-11(2)19-14-6-7-16(15(18)9-14)20-10-12-4-3-5-13(17)8-12/h3-9,11,19H,10H2,1-2H3. The van der Waals surface area contributed by atoms with Crippen LogP contribution in [0.3, 0.4) is 0 Å². The van der Waals surface area contributed by atoms with Crippen LogP contribution in [-0.2, 0) is 6.61 Å². The quantitative estimate of drug-likeness (QED) is 0.876. The van der Waals surface area contributed by atoms with Gasteiger partial charge in [0.25, 0.3) is 0 Å². The molecule has 2 nitrogen and oxygen atoms in total. The predicted octanol–water partition coefficient (Wildman–Crippen LogP) is 4.36. The zero-order valence-electron chi connectivity index (χ0n) is 11.5. The van der Waals surface area contributed by atoms with Crippen LogP contribution in [0.15, 0.2) is 42.5 Å². The molecule has 1 N–H and O–H groups in total. The summed E-state index contributed by atoms with van der Waals surface area (Å²) >= 11 is 0. The molecule has 0 aromatic heterocycles. The van der Waals surface area contributed by atoms with Gasteiger partial charge in [-0.15, -0.1) is 0 Å². The van der Waals surface area contributed by atoms with Crippen LogP contribution < -0.4 is 10.1 Å². The number of halogens is 2. The molecule has 4 heteroatoms. The number of hydrogen-bond acceptors (Lipinski definition) is 2. The summed E-state index contributed by atoms with van der Waals surface area (Å²) in [6, 6.07) is 11.0. The summed E-state index contributed by atoms with van der Waals surface area (Å²) in [6.07, 6.45) is 0. The Labute approximate surface area is 117 Å². The van der Waals surface area contributed by atoms with Crippen molar-refractivity contribution in [2.45, 2.75) is 26.5 Å². The Hall–Kier alpha value is -2.10. The molecule has 0 aliphatic heterocycles. The Balaban J connectivity index is 2.03. The normalized spacial score (nSPS) is 10.7. The lowest BCUT2D eigenvalue weighted by Gasteiger charge is -2.12. The van der Waals surface area contributed by atoms with Gasteiger partial charge < -0.3 is 10.1 Å². The molecule has 0 unspecified atom stereocenters. The molecule has 0 radical (unpaired) electrons. The molecule has 0 heterocycles. The van der Waals surface area contributed by atoms with Crippen molar-refractivity contribution < 1.29 is 13.5 Å². The summed E-state index contributed by atoms with van der Waals surface area (Å²) in [4.78, 5) is 0. The van der Waals surface area contributed by atoms with E-state index in [-0.39, 0.29) is 24.2 Å². The number of nitrogens with one attached hydrogen (secondary N) is 1. The Morgan fingerprint density at radius 2 is 1.90 bits per heavy atom. The van der Waals surface area contributed by atoms with Gasteiger partial charge >= 0.3 is 0 Å². The van der Waals surface area contributed by atoms with E-state index in [1.54, 1.807) is 24.3 Å². The first-order valence-corrected chi connectivity index (χ1v) is 6.48. The summed E-state index contributed by atoms with van der Waals surface area (Å²) in [5, 5.41) is 3.11. The van der Waals surface area contributed by atoms with Crippen molar-refractivity contribution in [2.75, 3.05) is 5.32 Å². The van der Waals surface area contributed by atoms with E-state index in [9.17, 15) is 8.78 Å². The highest BCUT2D eigenvalue weighted by Gasteiger charge is 2.06. The zero-order chi connectivity index (χ0) is 14.5. The zero-order valence-corrected chi connectivity index (χ0v) is 11.5. The van der Waals surface area contributed by atoms with Crippen LogP contribution >= 0.6 is 0 Å². The van der Waals surface area contributed by atoms with Gasteiger partial charge in [-0.05, 0) is 43.7 Å². The third-order valence-corrected chi connectivity index (χ3v) is 2.67. The molecule has 0 saturated carbocycles. The summed E-state index contributed by atoms with van der Waals surface area (Å²) in [5.74, 6) is -0.612. The lowest BCUT2D eigenvalue weighted by molar-refractivity contribution is 0.290. The molecule has 20 heavy (non-hydrogen) atoms. The summed E-state index contributed by atoms with van der Waals surface area (Å²) in [7, 11) is 0. The van der Waals surface area contributed by atoms with Gasteiger partial charge in [-0.1, -0.05) is 12.1 Å². The van der Waals surface area contributed by atoms with Crippen molar-refractivity contribution >= 4 is 5.69 Å². The highest BCUT2D eigenvalue weighted by atomic mass is 19.1. The largest absolute Gasteiger partial charge is 0.486 e. The highest BCUT2D eigenvalue weighted by Crippen LogP contribution is 2.22. The molecule has 0 atom stereocenters. The number of hydrogen-bond donors (Lipinski definition) is 1. The molecule has 0 spiro atoms. The van der Waals surface area contributed by atoms with Crippen LogP contribution in [0.4, 0.5) is 14.5 Å². The minimum Gasteiger partial charge on any atom is -0.486 e. The molecule has 2 aromatic carbocycles. The van der Waals surface area contributed by atoms with Crippen molar-refractivity contribution in [3.63, 3.8) is 0 Å². The van der Waals surface area contributed by atoms with Crippen LogP contribution in [0.25, 0.3) is 0 Å². The van der Waals surface area contributed by atoms with E-state index in [2.05, 4.69) is 5.32 Å². The fourth-order valence-corrected chi connectivity index (χ4v) is 1.83. The van der Waals surface area contributed by atoms with Gasteiger partial charge in [0.15, 0.2) is 11.6 Å². The van der Waals surface area contributed by atoms with Crippen molar-refractivity contribution in [3.05, 3.63) is 59.7 Å². The fourth-order valence-electron chi connectivity index (χ4n) is 1.83. The van der Waals surface area contributed by atoms with E-state index in [0.717, 1.165) is 0 Å². The van der Waals surface area contributed by atoms with E-state index < -0.39 is 5.82 Å². The SMILES string of the molecule is CC(C)Nc1ccc(OCc2cccc(F)c2)c(F)c1. The Bertz CT molecular complexity index is 584. The van der Waals surface area contributed by atoms with Gasteiger partial charge in [0.1, 0.15) is 12.4 Å². The van der Waals surface area contributed by atoms with Crippen LogP contribution in [-0.4, -0.2) is 6.04 Å². The van der Waals surface area contributed by atoms with E-state index in [1.165, 1.54) is 18.2 Å². The number of ether oxygens (including phenoxy) is 1.